The number of rotatable bonds is 5. The quantitative estimate of drug-likeness (QED) is 0.655. The number of amides is 1. The summed E-state index contributed by atoms with van der Waals surface area (Å²) in [6, 6.07) is 6.74. The molecule has 1 amide bonds. The van der Waals surface area contributed by atoms with Crippen LogP contribution in [0.15, 0.2) is 18.2 Å². The number of ketones is 1. The molecule has 1 aliphatic heterocycles. The van der Waals surface area contributed by atoms with Gasteiger partial charge in [-0.3, -0.25) is 4.79 Å². The molecule has 1 N–H and O–H groups in total. The average molecular weight is 304 g/mol. The molecule has 0 saturated carbocycles. The van der Waals surface area contributed by atoms with Crippen molar-refractivity contribution in [1.82, 2.24) is 4.90 Å². The summed E-state index contributed by atoms with van der Waals surface area (Å²) in [5, 5.41) is 18.0. The first-order chi connectivity index (χ1) is 10.5. The molecule has 116 valence electrons. The van der Waals surface area contributed by atoms with Gasteiger partial charge in [0.15, 0.2) is 12.1 Å². The third-order valence-corrected chi connectivity index (χ3v) is 3.66. The third-order valence-electron chi connectivity index (χ3n) is 3.66. The van der Waals surface area contributed by atoms with Gasteiger partial charge in [-0.2, -0.15) is 5.26 Å². The second-order valence-corrected chi connectivity index (χ2v) is 4.97. The van der Waals surface area contributed by atoms with Crippen LogP contribution in [0.25, 0.3) is 0 Å². The predicted molar refractivity (Wildman–Crippen MR) is 75.3 cm³/mol. The van der Waals surface area contributed by atoms with E-state index in [1.807, 2.05) is 6.07 Å². The van der Waals surface area contributed by atoms with Crippen LogP contribution >= 0.6 is 0 Å². The van der Waals surface area contributed by atoms with E-state index < -0.39 is 12.4 Å². The van der Waals surface area contributed by atoms with Gasteiger partial charge in [0.1, 0.15) is 0 Å². The summed E-state index contributed by atoms with van der Waals surface area (Å²) in [5.41, 5.74) is 1.24. The number of benzene rings is 1. The van der Waals surface area contributed by atoms with Crippen LogP contribution in [0, 0.1) is 17.2 Å². The summed E-state index contributed by atoms with van der Waals surface area (Å²) in [7, 11) is 2.92. The van der Waals surface area contributed by atoms with Crippen molar-refractivity contribution in [1.29, 1.82) is 5.26 Å². The van der Waals surface area contributed by atoms with Crippen molar-refractivity contribution in [3.63, 3.8) is 0 Å². The van der Waals surface area contributed by atoms with Crippen LogP contribution in [0.2, 0.25) is 0 Å². The molecule has 7 heteroatoms. The maximum atomic E-state index is 12.3. The minimum Gasteiger partial charge on any atom is -0.465 e. The topological polar surface area (TPSA) is 99.9 Å². The van der Waals surface area contributed by atoms with Gasteiger partial charge in [0.05, 0.1) is 17.6 Å². The molecule has 1 aromatic carbocycles. The average Bonchev–Trinajstić information content (AvgIpc) is 2.46. The molecular formula is C15H16N2O5. The van der Waals surface area contributed by atoms with Crippen molar-refractivity contribution < 1.29 is 24.2 Å². The van der Waals surface area contributed by atoms with Gasteiger partial charge >= 0.3 is 6.09 Å². The molecule has 1 saturated heterocycles. The zero-order valence-corrected chi connectivity index (χ0v) is 12.3. The van der Waals surface area contributed by atoms with Crippen molar-refractivity contribution in [3.05, 3.63) is 34.9 Å². The molecule has 2 rings (SSSR count). The summed E-state index contributed by atoms with van der Waals surface area (Å²) in [5.74, 6) is -0.513. The molecule has 0 unspecified atom stereocenters. The predicted octanol–water partition coefficient (Wildman–Crippen LogP) is 1.64. The highest BCUT2D eigenvalue weighted by atomic mass is 16.7. The highest BCUT2D eigenvalue weighted by Gasteiger charge is 2.36. The molecule has 1 heterocycles. The van der Waals surface area contributed by atoms with Gasteiger partial charge in [0.25, 0.3) is 0 Å². The molecule has 1 aliphatic rings. The van der Waals surface area contributed by atoms with Gasteiger partial charge in [-0.1, -0.05) is 12.1 Å². The Morgan fingerprint density at radius 2 is 2.00 bits per heavy atom. The third kappa shape index (κ3) is 2.93. The second kappa shape index (κ2) is 6.56. The summed E-state index contributed by atoms with van der Waals surface area (Å²) >= 11 is 0. The van der Waals surface area contributed by atoms with E-state index in [4.69, 9.17) is 14.6 Å². The van der Waals surface area contributed by atoms with Crippen LogP contribution in [0.4, 0.5) is 4.79 Å². The summed E-state index contributed by atoms with van der Waals surface area (Å²) in [6.07, 6.45) is -1.70. The van der Waals surface area contributed by atoms with Gasteiger partial charge in [-0.15, -0.1) is 0 Å². The number of carbonyl (C=O) groups excluding carboxylic acids is 1. The SMILES string of the molecule is COC(OC)c1ccc(C(=O)C2CN(C(=O)O)C2)cc1C#N. The Morgan fingerprint density at radius 3 is 2.50 bits per heavy atom. The second-order valence-electron chi connectivity index (χ2n) is 4.97. The van der Waals surface area contributed by atoms with E-state index in [0.717, 1.165) is 0 Å². The van der Waals surface area contributed by atoms with E-state index in [2.05, 4.69) is 0 Å². The molecule has 1 fully saturated rings. The molecule has 0 atom stereocenters. The Bertz CT molecular complexity index is 627. The van der Waals surface area contributed by atoms with Gasteiger partial charge in [0, 0.05) is 38.4 Å². The molecular weight excluding hydrogens is 288 g/mol. The lowest BCUT2D eigenvalue weighted by molar-refractivity contribution is -0.106. The van der Waals surface area contributed by atoms with Gasteiger partial charge < -0.3 is 19.5 Å². The molecule has 0 aliphatic carbocycles. The Balaban J connectivity index is 2.18. The number of ether oxygens (including phenoxy) is 2. The molecule has 0 aromatic heterocycles. The summed E-state index contributed by atoms with van der Waals surface area (Å²) < 4.78 is 10.2. The zero-order chi connectivity index (χ0) is 16.3. The number of hydrogen-bond donors (Lipinski definition) is 1. The molecule has 0 radical (unpaired) electrons. The van der Waals surface area contributed by atoms with E-state index in [-0.39, 0.29) is 24.8 Å². The minimum absolute atomic E-state index is 0.160. The first-order valence-electron chi connectivity index (χ1n) is 6.63. The fourth-order valence-electron chi connectivity index (χ4n) is 2.40. The minimum atomic E-state index is -1.03. The molecule has 7 nitrogen and oxygen atoms in total. The lowest BCUT2D eigenvalue weighted by Crippen LogP contribution is -2.52. The number of hydrogen-bond acceptors (Lipinski definition) is 5. The van der Waals surface area contributed by atoms with E-state index in [9.17, 15) is 14.9 Å². The first-order valence-corrected chi connectivity index (χ1v) is 6.63. The number of Topliss-reactive ketones (excluding diaryl/α,β-unsaturated/α-hetero) is 1. The smallest absolute Gasteiger partial charge is 0.407 e. The Hall–Kier alpha value is -2.43. The van der Waals surface area contributed by atoms with Crippen molar-refractivity contribution in [3.8, 4) is 6.07 Å². The first kappa shape index (κ1) is 15.9. The maximum Gasteiger partial charge on any atom is 0.407 e. The normalized spacial score (nSPS) is 14.5. The standard InChI is InChI=1S/C15H16N2O5/c1-21-14(22-2)12-4-3-9(5-10(12)6-16)13(18)11-7-17(8-11)15(19)20/h3-5,11,14H,7-8H2,1-2H3,(H,19,20). The van der Waals surface area contributed by atoms with Gasteiger partial charge in [-0.25, -0.2) is 4.79 Å². The monoisotopic (exact) mass is 304 g/mol. The lowest BCUT2D eigenvalue weighted by Gasteiger charge is -2.35. The van der Waals surface area contributed by atoms with Crippen molar-refractivity contribution in [2.75, 3.05) is 27.3 Å². The van der Waals surface area contributed by atoms with Crippen LogP contribution in [0.3, 0.4) is 0 Å². The number of nitriles is 1. The van der Waals surface area contributed by atoms with E-state index in [1.165, 1.54) is 25.2 Å². The molecule has 0 bridgehead atoms. The fraction of sp³-hybridized carbons (Fsp3) is 0.400. The van der Waals surface area contributed by atoms with Crippen LogP contribution in [-0.4, -0.2) is 49.2 Å². The largest absolute Gasteiger partial charge is 0.465 e. The Kier molecular flexibility index (Phi) is 4.75. The highest BCUT2D eigenvalue weighted by molar-refractivity contribution is 5.99. The number of methoxy groups -OCH3 is 2. The van der Waals surface area contributed by atoms with Crippen LogP contribution in [-0.2, 0) is 9.47 Å². The maximum absolute atomic E-state index is 12.3. The van der Waals surface area contributed by atoms with Crippen molar-refractivity contribution >= 4 is 11.9 Å². The number of carbonyl (C=O) groups is 2. The summed E-state index contributed by atoms with van der Waals surface area (Å²) in [4.78, 5) is 24.2. The van der Waals surface area contributed by atoms with Gasteiger partial charge in [-0.05, 0) is 6.07 Å². The van der Waals surface area contributed by atoms with E-state index in [1.54, 1.807) is 12.1 Å². The molecule has 22 heavy (non-hydrogen) atoms. The summed E-state index contributed by atoms with van der Waals surface area (Å²) in [6.45, 7) is 0.382. The van der Waals surface area contributed by atoms with Crippen molar-refractivity contribution in [2.24, 2.45) is 5.92 Å². The van der Waals surface area contributed by atoms with Crippen LogP contribution in [0.5, 0.6) is 0 Å². The fourth-order valence-corrected chi connectivity index (χ4v) is 2.40. The highest BCUT2D eigenvalue weighted by Crippen LogP contribution is 2.25. The zero-order valence-electron chi connectivity index (χ0n) is 12.3. The lowest BCUT2D eigenvalue weighted by atomic mass is 9.89. The Labute approximate surface area is 127 Å². The van der Waals surface area contributed by atoms with Gasteiger partial charge in [0.2, 0.25) is 0 Å². The van der Waals surface area contributed by atoms with Crippen molar-refractivity contribution in [2.45, 2.75) is 6.29 Å². The molecule has 1 aromatic rings. The number of carboxylic acid groups (broad SMARTS) is 1. The number of likely N-dealkylation sites (tertiary alicyclic amines) is 1. The van der Waals surface area contributed by atoms with E-state index in [0.29, 0.717) is 16.7 Å². The molecule has 0 spiro atoms. The number of nitrogens with zero attached hydrogens (tertiary/aromatic N) is 2. The Morgan fingerprint density at radius 1 is 1.36 bits per heavy atom. The van der Waals surface area contributed by atoms with E-state index >= 15 is 0 Å². The van der Waals surface area contributed by atoms with Crippen LogP contribution in [0.1, 0.15) is 27.8 Å². The van der Waals surface area contributed by atoms with Crippen LogP contribution < -0.4 is 0 Å².